The van der Waals surface area contributed by atoms with Crippen molar-refractivity contribution in [3.63, 3.8) is 0 Å². The molecule has 0 saturated carbocycles. The van der Waals surface area contributed by atoms with Crippen molar-refractivity contribution in [2.24, 2.45) is 5.92 Å². The normalized spacial score (nSPS) is 16.9. The number of carbonyl (C=O) groups excluding carboxylic acids is 2. The molecule has 1 aliphatic heterocycles. The minimum atomic E-state index is -0.318. The third-order valence-electron chi connectivity index (χ3n) is 4.80. The van der Waals surface area contributed by atoms with Crippen LogP contribution >= 0.6 is 0 Å². The van der Waals surface area contributed by atoms with Crippen LogP contribution in [0.5, 0.6) is 0 Å². The molecule has 138 valence electrons. The van der Waals surface area contributed by atoms with Crippen LogP contribution in [0.1, 0.15) is 43.9 Å². The molecule has 0 bridgehead atoms. The molecule has 5 nitrogen and oxygen atoms in total. The Morgan fingerprint density at radius 3 is 2.73 bits per heavy atom. The first kappa shape index (κ1) is 18.2. The molecule has 1 unspecified atom stereocenters. The van der Waals surface area contributed by atoms with Crippen molar-refractivity contribution in [2.75, 3.05) is 11.9 Å². The van der Waals surface area contributed by atoms with E-state index in [4.69, 9.17) is 4.42 Å². The molecule has 1 aromatic heterocycles. The molecule has 0 spiro atoms. The van der Waals surface area contributed by atoms with Gasteiger partial charge in [0.2, 0.25) is 11.8 Å². The summed E-state index contributed by atoms with van der Waals surface area (Å²) in [6, 6.07) is 11.6. The Labute approximate surface area is 154 Å². The summed E-state index contributed by atoms with van der Waals surface area (Å²) in [6.45, 7) is 3.05. The number of hydrogen-bond acceptors (Lipinski definition) is 3. The van der Waals surface area contributed by atoms with Crippen LogP contribution in [-0.2, 0) is 22.6 Å². The van der Waals surface area contributed by atoms with Gasteiger partial charge in [0.05, 0.1) is 18.7 Å². The Balaban J connectivity index is 1.51. The minimum Gasteiger partial charge on any atom is -0.467 e. The highest BCUT2D eigenvalue weighted by Gasteiger charge is 2.34. The van der Waals surface area contributed by atoms with Gasteiger partial charge in [0.15, 0.2) is 0 Å². The molecule has 3 rings (SSSR count). The Morgan fingerprint density at radius 2 is 2.04 bits per heavy atom. The molecule has 1 N–H and O–H groups in total. The van der Waals surface area contributed by atoms with Gasteiger partial charge in [-0.05, 0) is 42.7 Å². The van der Waals surface area contributed by atoms with Gasteiger partial charge in [-0.25, -0.2) is 0 Å². The van der Waals surface area contributed by atoms with Crippen molar-refractivity contribution in [2.45, 2.75) is 45.6 Å². The van der Waals surface area contributed by atoms with Gasteiger partial charge in [-0.2, -0.15) is 0 Å². The molecule has 1 aliphatic rings. The third kappa shape index (κ3) is 4.75. The SMILES string of the molecule is CCCCCc1ccc(NC(=O)C2CC(=O)N(Cc3ccco3)C2)cc1. The summed E-state index contributed by atoms with van der Waals surface area (Å²) in [5, 5.41) is 2.94. The van der Waals surface area contributed by atoms with Crippen LogP contribution in [0.3, 0.4) is 0 Å². The number of hydrogen-bond donors (Lipinski definition) is 1. The predicted molar refractivity (Wildman–Crippen MR) is 101 cm³/mol. The van der Waals surface area contributed by atoms with E-state index < -0.39 is 0 Å². The van der Waals surface area contributed by atoms with Crippen LogP contribution in [0.4, 0.5) is 5.69 Å². The van der Waals surface area contributed by atoms with Crippen molar-refractivity contribution >= 4 is 17.5 Å². The highest BCUT2D eigenvalue weighted by molar-refractivity contribution is 5.97. The monoisotopic (exact) mass is 354 g/mol. The molecule has 2 aromatic rings. The average molecular weight is 354 g/mol. The van der Waals surface area contributed by atoms with E-state index >= 15 is 0 Å². The standard InChI is InChI=1S/C21H26N2O3/c1-2-3-4-6-16-8-10-18(11-9-16)22-21(25)17-13-20(24)23(14-17)15-19-7-5-12-26-19/h5,7-12,17H,2-4,6,13-15H2,1H3,(H,22,25). The van der Waals surface area contributed by atoms with E-state index in [1.807, 2.05) is 18.2 Å². The number of nitrogens with zero attached hydrogens (tertiary/aromatic N) is 1. The lowest BCUT2D eigenvalue weighted by Gasteiger charge is -2.15. The molecule has 1 fully saturated rings. The first-order chi connectivity index (χ1) is 12.7. The Morgan fingerprint density at radius 1 is 1.23 bits per heavy atom. The number of carbonyl (C=O) groups is 2. The summed E-state index contributed by atoms with van der Waals surface area (Å²) in [6.07, 6.45) is 6.56. The number of likely N-dealkylation sites (tertiary alicyclic amines) is 1. The lowest BCUT2D eigenvalue weighted by molar-refractivity contribution is -0.128. The van der Waals surface area contributed by atoms with Crippen molar-refractivity contribution in [3.8, 4) is 0 Å². The Hall–Kier alpha value is -2.56. The van der Waals surface area contributed by atoms with Gasteiger partial charge in [0, 0.05) is 18.7 Å². The second kappa shape index (κ2) is 8.70. The summed E-state index contributed by atoms with van der Waals surface area (Å²) >= 11 is 0. The Bertz CT molecular complexity index is 722. The maximum atomic E-state index is 12.5. The molecular weight excluding hydrogens is 328 g/mol. The van der Waals surface area contributed by atoms with E-state index in [0.717, 1.165) is 17.9 Å². The van der Waals surface area contributed by atoms with Gasteiger partial charge in [-0.3, -0.25) is 9.59 Å². The van der Waals surface area contributed by atoms with Gasteiger partial charge in [-0.1, -0.05) is 31.9 Å². The molecule has 1 saturated heterocycles. The fourth-order valence-corrected chi connectivity index (χ4v) is 3.27. The molecule has 0 aliphatic carbocycles. The zero-order valence-electron chi connectivity index (χ0n) is 15.2. The summed E-state index contributed by atoms with van der Waals surface area (Å²) < 4.78 is 5.29. The van der Waals surface area contributed by atoms with Crippen molar-refractivity contribution < 1.29 is 14.0 Å². The van der Waals surface area contributed by atoms with E-state index in [9.17, 15) is 9.59 Å². The van der Waals surface area contributed by atoms with Crippen LogP contribution in [0.25, 0.3) is 0 Å². The zero-order valence-corrected chi connectivity index (χ0v) is 15.2. The average Bonchev–Trinajstić information content (AvgIpc) is 3.27. The quantitative estimate of drug-likeness (QED) is 0.729. The Kier molecular flexibility index (Phi) is 6.10. The second-order valence-electron chi connectivity index (χ2n) is 6.90. The highest BCUT2D eigenvalue weighted by atomic mass is 16.3. The highest BCUT2D eigenvalue weighted by Crippen LogP contribution is 2.22. The largest absolute Gasteiger partial charge is 0.467 e. The van der Waals surface area contributed by atoms with Crippen molar-refractivity contribution in [1.29, 1.82) is 0 Å². The van der Waals surface area contributed by atoms with Crippen molar-refractivity contribution in [1.82, 2.24) is 4.90 Å². The van der Waals surface area contributed by atoms with Gasteiger partial charge < -0.3 is 14.6 Å². The van der Waals surface area contributed by atoms with Crippen LogP contribution in [0, 0.1) is 5.92 Å². The number of unbranched alkanes of at least 4 members (excludes halogenated alkanes) is 2. The van der Waals surface area contributed by atoms with E-state index in [1.165, 1.54) is 24.8 Å². The number of nitrogens with one attached hydrogen (secondary N) is 1. The molecule has 5 heteroatoms. The van der Waals surface area contributed by atoms with Crippen LogP contribution in [0.15, 0.2) is 47.1 Å². The molecule has 2 amide bonds. The minimum absolute atomic E-state index is 0.00665. The molecule has 1 aromatic carbocycles. The van der Waals surface area contributed by atoms with E-state index in [-0.39, 0.29) is 24.2 Å². The topological polar surface area (TPSA) is 62.6 Å². The molecule has 26 heavy (non-hydrogen) atoms. The van der Waals surface area contributed by atoms with Gasteiger partial charge >= 0.3 is 0 Å². The summed E-state index contributed by atoms with van der Waals surface area (Å²) in [7, 11) is 0. The van der Waals surface area contributed by atoms with E-state index in [1.54, 1.807) is 17.2 Å². The third-order valence-corrected chi connectivity index (χ3v) is 4.80. The maximum Gasteiger partial charge on any atom is 0.229 e. The maximum absolute atomic E-state index is 12.5. The number of furan rings is 1. The second-order valence-corrected chi connectivity index (χ2v) is 6.90. The van der Waals surface area contributed by atoms with Crippen LogP contribution < -0.4 is 5.32 Å². The molecular formula is C21H26N2O3. The zero-order chi connectivity index (χ0) is 18.4. The fourth-order valence-electron chi connectivity index (χ4n) is 3.27. The predicted octanol–water partition coefficient (Wildman–Crippen LogP) is 4.00. The summed E-state index contributed by atoms with van der Waals surface area (Å²) in [5.74, 6) is 0.312. The first-order valence-corrected chi connectivity index (χ1v) is 9.35. The van der Waals surface area contributed by atoms with E-state index in [2.05, 4.69) is 24.4 Å². The lowest BCUT2D eigenvalue weighted by Crippen LogP contribution is -2.27. The number of aryl methyl sites for hydroxylation is 1. The smallest absolute Gasteiger partial charge is 0.229 e. The van der Waals surface area contributed by atoms with Crippen molar-refractivity contribution in [3.05, 3.63) is 54.0 Å². The van der Waals surface area contributed by atoms with Gasteiger partial charge in [0.25, 0.3) is 0 Å². The molecule has 2 heterocycles. The fraction of sp³-hybridized carbons (Fsp3) is 0.429. The molecule has 1 atom stereocenters. The summed E-state index contributed by atoms with van der Waals surface area (Å²) in [5.41, 5.74) is 2.07. The van der Waals surface area contributed by atoms with Crippen LogP contribution in [0.2, 0.25) is 0 Å². The number of amides is 2. The first-order valence-electron chi connectivity index (χ1n) is 9.35. The number of rotatable bonds is 8. The molecule has 0 radical (unpaired) electrons. The number of benzene rings is 1. The lowest BCUT2D eigenvalue weighted by atomic mass is 10.1. The van der Waals surface area contributed by atoms with Gasteiger partial charge in [0.1, 0.15) is 5.76 Å². The van der Waals surface area contributed by atoms with E-state index in [0.29, 0.717) is 13.1 Å². The van der Waals surface area contributed by atoms with Gasteiger partial charge in [-0.15, -0.1) is 0 Å². The summed E-state index contributed by atoms with van der Waals surface area (Å²) in [4.78, 5) is 26.3. The van der Waals surface area contributed by atoms with Crippen LogP contribution in [-0.4, -0.2) is 23.3 Å². The number of anilines is 1.